The Hall–Kier alpha value is -3.67. The van der Waals surface area contributed by atoms with Gasteiger partial charge in [0.2, 0.25) is 0 Å². The van der Waals surface area contributed by atoms with Crippen LogP contribution in [0.4, 0.5) is 0 Å². The summed E-state index contributed by atoms with van der Waals surface area (Å²) < 4.78 is 5.12. The Morgan fingerprint density at radius 2 is 1.81 bits per heavy atom. The van der Waals surface area contributed by atoms with Crippen LogP contribution in [0.1, 0.15) is 15.9 Å². The lowest BCUT2D eigenvalue weighted by molar-refractivity contribution is -0.120. The van der Waals surface area contributed by atoms with Crippen LogP contribution in [0, 0.1) is 0 Å². The van der Waals surface area contributed by atoms with Crippen molar-refractivity contribution in [2.75, 3.05) is 13.7 Å². The van der Waals surface area contributed by atoms with Crippen LogP contribution in [0.5, 0.6) is 5.75 Å². The number of amides is 2. The number of carbonyl (C=O) groups is 2. The highest BCUT2D eigenvalue weighted by molar-refractivity contribution is 6.07. The van der Waals surface area contributed by atoms with Crippen molar-refractivity contribution < 1.29 is 14.3 Å². The van der Waals surface area contributed by atoms with Gasteiger partial charge in [-0.3, -0.25) is 9.59 Å². The zero-order valence-electron chi connectivity index (χ0n) is 14.8. The second-order valence-electron chi connectivity index (χ2n) is 5.78. The van der Waals surface area contributed by atoms with Crippen LogP contribution in [0.25, 0.3) is 10.8 Å². The molecule has 0 saturated carbocycles. The zero-order chi connectivity index (χ0) is 19.1. The van der Waals surface area contributed by atoms with Gasteiger partial charge in [0.15, 0.2) is 0 Å². The number of ether oxygens (including phenoxy) is 1. The Morgan fingerprint density at radius 3 is 2.67 bits per heavy atom. The molecule has 0 fully saturated rings. The topological polar surface area (TPSA) is 79.8 Å². The van der Waals surface area contributed by atoms with Gasteiger partial charge in [0.05, 0.1) is 19.9 Å². The standard InChI is InChI=1S/C21H19N3O3/c1-27-17-9-4-6-15(12-17)13-23-24-20(25)14-22-21(26)19-11-5-8-16-7-2-3-10-18(16)19/h2-13H,14H2,1H3,(H,22,26)(H,24,25)/b23-13+. The molecule has 0 unspecified atom stereocenters. The Labute approximate surface area is 156 Å². The maximum Gasteiger partial charge on any atom is 0.259 e. The number of benzene rings is 3. The first-order chi connectivity index (χ1) is 13.2. The second kappa shape index (κ2) is 8.62. The van der Waals surface area contributed by atoms with E-state index in [1.165, 1.54) is 6.21 Å². The third-order valence-electron chi connectivity index (χ3n) is 3.94. The maximum absolute atomic E-state index is 12.4. The predicted octanol–water partition coefficient (Wildman–Crippen LogP) is 2.73. The van der Waals surface area contributed by atoms with Crippen molar-refractivity contribution in [2.45, 2.75) is 0 Å². The van der Waals surface area contributed by atoms with Crippen LogP contribution in [0.3, 0.4) is 0 Å². The average molecular weight is 361 g/mol. The van der Waals surface area contributed by atoms with Gasteiger partial charge in [0.1, 0.15) is 5.75 Å². The first-order valence-corrected chi connectivity index (χ1v) is 8.39. The highest BCUT2D eigenvalue weighted by Gasteiger charge is 2.10. The molecule has 3 aromatic carbocycles. The molecule has 6 nitrogen and oxygen atoms in total. The van der Waals surface area contributed by atoms with Crippen molar-refractivity contribution in [3.63, 3.8) is 0 Å². The molecule has 3 aromatic rings. The minimum atomic E-state index is -0.414. The quantitative estimate of drug-likeness (QED) is 0.523. The van der Waals surface area contributed by atoms with Crippen molar-refractivity contribution in [2.24, 2.45) is 5.10 Å². The summed E-state index contributed by atoms with van der Waals surface area (Å²) in [5.74, 6) is -0.0194. The van der Waals surface area contributed by atoms with Gasteiger partial charge < -0.3 is 10.1 Å². The average Bonchev–Trinajstić information content (AvgIpc) is 2.71. The van der Waals surface area contributed by atoms with Crippen molar-refractivity contribution in [1.29, 1.82) is 0 Å². The van der Waals surface area contributed by atoms with Crippen LogP contribution in [0.2, 0.25) is 0 Å². The molecular weight excluding hydrogens is 342 g/mol. The van der Waals surface area contributed by atoms with E-state index in [9.17, 15) is 9.59 Å². The lowest BCUT2D eigenvalue weighted by Gasteiger charge is -2.07. The van der Waals surface area contributed by atoms with Crippen LogP contribution >= 0.6 is 0 Å². The smallest absolute Gasteiger partial charge is 0.259 e. The Balaban J connectivity index is 1.55. The molecule has 0 spiro atoms. The first-order valence-electron chi connectivity index (χ1n) is 8.39. The molecule has 3 rings (SSSR count). The molecule has 0 radical (unpaired) electrons. The summed E-state index contributed by atoms with van der Waals surface area (Å²) in [5, 5.41) is 8.31. The number of nitrogens with one attached hydrogen (secondary N) is 2. The maximum atomic E-state index is 12.4. The number of carbonyl (C=O) groups excluding carboxylic acids is 2. The van der Waals surface area contributed by atoms with Crippen molar-refractivity contribution in [3.8, 4) is 5.75 Å². The molecule has 0 aromatic heterocycles. The predicted molar refractivity (Wildman–Crippen MR) is 105 cm³/mol. The van der Waals surface area contributed by atoms with E-state index < -0.39 is 5.91 Å². The highest BCUT2D eigenvalue weighted by atomic mass is 16.5. The van der Waals surface area contributed by atoms with E-state index in [0.29, 0.717) is 11.3 Å². The van der Waals surface area contributed by atoms with Gasteiger partial charge >= 0.3 is 0 Å². The molecular formula is C21H19N3O3. The van der Waals surface area contributed by atoms with Gasteiger partial charge in [0, 0.05) is 5.56 Å². The van der Waals surface area contributed by atoms with Gasteiger partial charge in [-0.1, -0.05) is 48.5 Å². The van der Waals surface area contributed by atoms with Crippen LogP contribution in [0.15, 0.2) is 71.8 Å². The molecule has 0 atom stereocenters. The summed E-state index contributed by atoms with van der Waals surface area (Å²) in [6, 6.07) is 20.4. The fourth-order valence-corrected chi connectivity index (χ4v) is 2.62. The van der Waals surface area contributed by atoms with Crippen molar-refractivity contribution >= 4 is 28.8 Å². The lowest BCUT2D eigenvalue weighted by Crippen LogP contribution is -2.35. The van der Waals surface area contributed by atoms with Crippen LogP contribution in [-0.4, -0.2) is 31.7 Å². The van der Waals surface area contributed by atoms with E-state index >= 15 is 0 Å². The molecule has 0 aliphatic heterocycles. The molecule has 0 aliphatic rings. The summed E-state index contributed by atoms with van der Waals surface area (Å²) in [7, 11) is 1.58. The fraction of sp³-hybridized carbons (Fsp3) is 0.0952. The summed E-state index contributed by atoms with van der Waals surface area (Å²) >= 11 is 0. The molecule has 2 N–H and O–H groups in total. The van der Waals surface area contributed by atoms with E-state index in [1.807, 2.05) is 54.6 Å². The minimum absolute atomic E-state index is 0.169. The number of hydrogen-bond donors (Lipinski definition) is 2. The fourth-order valence-electron chi connectivity index (χ4n) is 2.62. The summed E-state index contributed by atoms with van der Waals surface area (Å²) in [5.41, 5.74) is 3.70. The van der Waals surface area contributed by atoms with E-state index in [0.717, 1.165) is 16.3 Å². The second-order valence-corrected chi connectivity index (χ2v) is 5.78. The van der Waals surface area contributed by atoms with E-state index in [1.54, 1.807) is 19.2 Å². The Morgan fingerprint density at radius 1 is 1.04 bits per heavy atom. The molecule has 0 heterocycles. The van der Waals surface area contributed by atoms with Gasteiger partial charge in [-0.15, -0.1) is 0 Å². The SMILES string of the molecule is COc1cccc(/C=N/NC(=O)CNC(=O)c2cccc3ccccc23)c1. The minimum Gasteiger partial charge on any atom is -0.497 e. The molecule has 27 heavy (non-hydrogen) atoms. The molecule has 2 amide bonds. The number of fused-ring (bicyclic) bond motifs is 1. The zero-order valence-corrected chi connectivity index (χ0v) is 14.8. The number of rotatable bonds is 6. The van der Waals surface area contributed by atoms with E-state index in [2.05, 4.69) is 15.8 Å². The summed E-state index contributed by atoms with van der Waals surface area (Å²) in [4.78, 5) is 24.3. The van der Waals surface area contributed by atoms with Gasteiger partial charge in [-0.2, -0.15) is 5.10 Å². The van der Waals surface area contributed by atoms with Gasteiger partial charge in [-0.25, -0.2) is 5.43 Å². The van der Waals surface area contributed by atoms with Gasteiger partial charge in [0.25, 0.3) is 11.8 Å². The molecule has 136 valence electrons. The molecule has 0 bridgehead atoms. The first kappa shape index (κ1) is 18.1. The Kier molecular flexibility index (Phi) is 5.79. The van der Waals surface area contributed by atoms with Crippen molar-refractivity contribution in [3.05, 3.63) is 77.9 Å². The number of methoxy groups -OCH3 is 1. The van der Waals surface area contributed by atoms with Gasteiger partial charge in [-0.05, 0) is 34.5 Å². The third-order valence-corrected chi connectivity index (χ3v) is 3.94. The highest BCUT2D eigenvalue weighted by Crippen LogP contribution is 2.18. The summed E-state index contributed by atoms with van der Waals surface area (Å²) in [6.45, 7) is -0.169. The lowest BCUT2D eigenvalue weighted by atomic mass is 10.0. The van der Waals surface area contributed by atoms with E-state index in [-0.39, 0.29) is 12.5 Å². The molecule has 6 heteroatoms. The number of nitrogens with zero attached hydrogens (tertiary/aromatic N) is 1. The molecule has 0 saturated heterocycles. The largest absolute Gasteiger partial charge is 0.497 e. The normalized spacial score (nSPS) is 10.7. The molecule has 0 aliphatic carbocycles. The van der Waals surface area contributed by atoms with Crippen LogP contribution in [-0.2, 0) is 4.79 Å². The summed E-state index contributed by atoms with van der Waals surface area (Å²) in [6.07, 6.45) is 1.51. The number of hydrogen-bond acceptors (Lipinski definition) is 4. The number of hydrazone groups is 1. The van der Waals surface area contributed by atoms with Crippen molar-refractivity contribution in [1.82, 2.24) is 10.7 Å². The monoisotopic (exact) mass is 361 g/mol. The Bertz CT molecular complexity index is 993. The van der Waals surface area contributed by atoms with Crippen LogP contribution < -0.4 is 15.5 Å². The third kappa shape index (κ3) is 4.70. The van der Waals surface area contributed by atoms with E-state index in [4.69, 9.17) is 4.74 Å².